The lowest BCUT2D eigenvalue weighted by atomic mass is 9.84. The molecular formula is C50H55N3. The molecule has 0 aliphatic rings. The summed E-state index contributed by atoms with van der Waals surface area (Å²) in [5.74, 6) is 0.720. The highest BCUT2D eigenvalue weighted by Crippen LogP contribution is 2.40. The van der Waals surface area contributed by atoms with Gasteiger partial charge in [-0.15, -0.1) is 0 Å². The van der Waals surface area contributed by atoms with Crippen molar-refractivity contribution in [1.29, 1.82) is 0 Å². The molecule has 0 spiro atoms. The van der Waals surface area contributed by atoms with E-state index in [2.05, 4.69) is 185 Å². The van der Waals surface area contributed by atoms with Gasteiger partial charge in [0.25, 0.3) is 0 Å². The Bertz CT molecular complexity index is 2370. The highest BCUT2D eigenvalue weighted by molar-refractivity contribution is 6.12. The molecule has 0 unspecified atom stereocenters. The van der Waals surface area contributed by atoms with Crippen LogP contribution in [0.2, 0.25) is 0 Å². The van der Waals surface area contributed by atoms with Gasteiger partial charge in [0.2, 0.25) is 0 Å². The van der Waals surface area contributed by atoms with Crippen LogP contribution in [-0.4, -0.2) is 15.0 Å². The van der Waals surface area contributed by atoms with Crippen LogP contribution in [0.3, 0.4) is 0 Å². The summed E-state index contributed by atoms with van der Waals surface area (Å²) in [6.45, 7) is 27.2. The first kappa shape index (κ1) is 36.3. The first-order valence-electron chi connectivity index (χ1n) is 19.1. The van der Waals surface area contributed by atoms with E-state index in [1.165, 1.54) is 55.3 Å². The van der Waals surface area contributed by atoms with Gasteiger partial charge < -0.3 is 4.98 Å². The molecule has 0 amide bonds. The Hall–Kier alpha value is -5.02. The van der Waals surface area contributed by atoms with Crippen molar-refractivity contribution in [2.24, 2.45) is 0 Å². The molecule has 53 heavy (non-hydrogen) atoms. The maximum absolute atomic E-state index is 5.34. The lowest BCUT2D eigenvalue weighted by Crippen LogP contribution is -2.11. The van der Waals surface area contributed by atoms with E-state index in [9.17, 15) is 0 Å². The quantitative estimate of drug-likeness (QED) is 0.199. The lowest BCUT2D eigenvalue weighted by molar-refractivity contribution is 0.590. The molecule has 0 fully saturated rings. The van der Waals surface area contributed by atoms with E-state index in [1.54, 1.807) is 0 Å². The summed E-state index contributed by atoms with van der Waals surface area (Å²) in [6, 6.07) is 38.5. The second-order valence-electron chi connectivity index (χ2n) is 19.1. The van der Waals surface area contributed by atoms with E-state index in [4.69, 9.17) is 9.97 Å². The summed E-state index contributed by atoms with van der Waals surface area (Å²) >= 11 is 0. The number of benzene rings is 5. The molecule has 0 radical (unpaired) electrons. The van der Waals surface area contributed by atoms with E-state index in [0.717, 1.165) is 33.7 Å². The maximum atomic E-state index is 5.34. The molecule has 270 valence electrons. The SMILES string of the molecule is CC(C)(C)c1ccc(-c2cc(-c3ccc(C(C)(C)C)cc3)cc(-c3ccnc(-c4cc(C(C)(C)C)cc5c4[nH]c4ccc(C(C)(C)C)cc45)n3)c2)cc1. The van der Waals surface area contributed by atoms with Crippen LogP contribution in [-0.2, 0) is 21.7 Å². The Kier molecular flexibility index (Phi) is 8.80. The molecule has 0 atom stereocenters. The number of H-pyrrole nitrogens is 1. The fraction of sp³-hybridized carbons (Fsp3) is 0.320. The number of hydrogen-bond donors (Lipinski definition) is 1. The summed E-state index contributed by atoms with van der Waals surface area (Å²) in [5, 5.41) is 2.45. The molecule has 7 aromatic rings. The van der Waals surface area contributed by atoms with Gasteiger partial charge in [-0.05, 0) is 115 Å². The van der Waals surface area contributed by atoms with Gasteiger partial charge in [-0.25, -0.2) is 9.97 Å². The second kappa shape index (κ2) is 12.8. The third-order valence-electron chi connectivity index (χ3n) is 10.7. The number of hydrogen-bond acceptors (Lipinski definition) is 2. The van der Waals surface area contributed by atoms with Crippen LogP contribution in [0.15, 0.2) is 109 Å². The lowest BCUT2D eigenvalue weighted by Gasteiger charge is -2.21. The van der Waals surface area contributed by atoms with Crippen LogP contribution in [0.25, 0.3) is 66.7 Å². The monoisotopic (exact) mass is 697 g/mol. The average Bonchev–Trinajstić information content (AvgIpc) is 3.48. The molecule has 2 heterocycles. The summed E-state index contributed by atoms with van der Waals surface area (Å²) < 4.78 is 0. The summed E-state index contributed by atoms with van der Waals surface area (Å²) in [5.41, 5.74) is 15.3. The Morgan fingerprint density at radius 3 is 1.40 bits per heavy atom. The fourth-order valence-corrected chi connectivity index (χ4v) is 7.16. The van der Waals surface area contributed by atoms with Gasteiger partial charge in [0, 0.05) is 33.6 Å². The minimum atomic E-state index is -0.0555. The number of nitrogens with one attached hydrogen (secondary N) is 1. The van der Waals surface area contributed by atoms with Crippen molar-refractivity contribution in [1.82, 2.24) is 15.0 Å². The number of rotatable bonds is 4. The van der Waals surface area contributed by atoms with Crippen molar-refractivity contribution in [3.63, 3.8) is 0 Å². The van der Waals surface area contributed by atoms with Gasteiger partial charge in [-0.2, -0.15) is 0 Å². The largest absolute Gasteiger partial charge is 0.354 e. The van der Waals surface area contributed by atoms with E-state index >= 15 is 0 Å². The Labute approximate surface area is 317 Å². The molecule has 3 nitrogen and oxygen atoms in total. The molecule has 3 heteroatoms. The molecule has 0 bridgehead atoms. The maximum Gasteiger partial charge on any atom is 0.161 e. The summed E-state index contributed by atoms with van der Waals surface area (Å²) in [6.07, 6.45) is 1.91. The van der Waals surface area contributed by atoms with Gasteiger partial charge in [-0.1, -0.05) is 138 Å². The molecule has 7 rings (SSSR count). The van der Waals surface area contributed by atoms with Crippen LogP contribution in [0.1, 0.15) is 105 Å². The zero-order chi connectivity index (χ0) is 38.1. The smallest absolute Gasteiger partial charge is 0.161 e. The van der Waals surface area contributed by atoms with Crippen LogP contribution >= 0.6 is 0 Å². The fourth-order valence-electron chi connectivity index (χ4n) is 7.16. The zero-order valence-corrected chi connectivity index (χ0v) is 33.8. The molecule has 0 saturated carbocycles. The summed E-state index contributed by atoms with van der Waals surface area (Å²) in [4.78, 5) is 14.0. The highest BCUT2D eigenvalue weighted by Gasteiger charge is 2.23. The van der Waals surface area contributed by atoms with Crippen LogP contribution in [0.4, 0.5) is 0 Å². The molecule has 0 aliphatic carbocycles. The second-order valence-corrected chi connectivity index (χ2v) is 19.1. The van der Waals surface area contributed by atoms with Gasteiger partial charge >= 0.3 is 0 Å². The van der Waals surface area contributed by atoms with Crippen molar-refractivity contribution in [3.8, 4) is 44.9 Å². The molecule has 1 N–H and O–H groups in total. The molecule has 0 aliphatic heterocycles. The third kappa shape index (κ3) is 7.32. The minimum Gasteiger partial charge on any atom is -0.354 e. The first-order chi connectivity index (χ1) is 24.8. The predicted octanol–water partition coefficient (Wildman–Crippen LogP) is 14.0. The number of fused-ring (bicyclic) bond motifs is 3. The topological polar surface area (TPSA) is 41.6 Å². The van der Waals surface area contributed by atoms with Crippen LogP contribution in [0, 0.1) is 0 Å². The molecule has 5 aromatic carbocycles. The van der Waals surface area contributed by atoms with E-state index in [-0.39, 0.29) is 21.7 Å². The minimum absolute atomic E-state index is 0.0519. The number of aromatic nitrogens is 3. The predicted molar refractivity (Wildman–Crippen MR) is 228 cm³/mol. The Balaban J connectivity index is 1.41. The van der Waals surface area contributed by atoms with Crippen molar-refractivity contribution in [2.75, 3.05) is 0 Å². The van der Waals surface area contributed by atoms with E-state index < -0.39 is 0 Å². The van der Waals surface area contributed by atoms with Crippen LogP contribution < -0.4 is 0 Å². The standard InChI is InChI=1S/C50H55N3/c1-47(2,3)36-17-13-31(14-18-36)33-25-34(32-15-19-37(20-16-32)48(4,5)6)27-35(26-33)43-23-24-51-46(53-43)42-30-39(50(10,11)12)29-41-40-28-38(49(7,8)9)21-22-44(40)52-45(41)42/h13-30,52H,1-12H3. The average molecular weight is 698 g/mol. The summed E-state index contributed by atoms with van der Waals surface area (Å²) in [7, 11) is 0. The molecule has 0 saturated heterocycles. The van der Waals surface area contributed by atoms with Gasteiger partial charge in [0.15, 0.2) is 5.82 Å². The van der Waals surface area contributed by atoms with Gasteiger partial charge in [-0.3, -0.25) is 0 Å². The van der Waals surface area contributed by atoms with E-state index in [1.807, 2.05) is 12.3 Å². The van der Waals surface area contributed by atoms with E-state index in [0.29, 0.717) is 0 Å². The Morgan fingerprint density at radius 2 is 0.887 bits per heavy atom. The normalized spacial score (nSPS) is 12.9. The van der Waals surface area contributed by atoms with Crippen molar-refractivity contribution in [3.05, 3.63) is 132 Å². The van der Waals surface area contributed by atoms with Gasteiger partial charge in [0.05, 0.1) is 11.2 Å². The molecular weight excluding hydrogens is 643 g/mol. The van der Waals surface area contributed by atoms with Crippen molar-refractivity contribution >= 4 is 21.8 Å². The Morgan fingerprint density at radius 1 is 0.415 bits per heavy atom. The number of nitrogens with zero attached hydrogens (tertiary/aromatic N) is 2. The van der Waals surface area contributed by atoms with Gasteiger partial charge in [0.1, 0.15) is 0 Å². The van der Waals surface area contributed by atoms with Crippen LogP contribution in [0.5, 0.6) is 0 Å². The first-order valence-corrected chi connectivity index (χ1v) is 19.1. The molecule has 2 aromatic heterocycles. The number of aromatic amines is 1. The zero-order valence-electron chi connectivity index (χ0n) is 33.8. The highest BCUT2D eigenvalue weighted by atomic mass is 14.9. The third-order valence-corrected chi connectivity index (χ3v) is 10.7. The van der Waals surface area contributed by atoms with Crippen molar-refractivity contribution < 1.29 is 0 Å². The van der Waals surface area contributed by atoms with Crippen molar-refractivity contribution in [2.45, 2.75) is 105 Å².